The molecule has 3 aromatic rings. The van der Waals surface area contributed by atoms with Gasteiger partial charge in [-0.15, -0.1) is 0 Å². The first kappa shape index (κ1) is 21.2. The highest BCUT2D eigenvalue weighted by molar-refractivity contribution is 7.98. The Morgan fingerprint density at radius 1 is 0.968 bits per heavy atom. The quantitative estimate of drug-likeness (QED) is 0.538. The second kappa shape index (κ2) is 9.84. The molecule has 0 aromatic heterocycles. The maximum Gasteiger partial charge on any atom is 0.255 e. The van der Waals surface area contributed by atoms with Crippen LogP contribution in [-0.2, 0) is 23.5 Å². The summed E-state index contributed by atoms with van der Waals surface area (Å²) in [7, 11) is 0. The molecule has 1 aliphatic rings. The summed E-state index contributed by atoms with van der Waals surface area (Å²) in [4.78, 5) is 28.0. The third-order valence-corrected chi connectivity index (χ3v) is 6.63. The first-order valence-electron chi connectivity index (χ1n) is 10.6. The topological polar surface area (TPSA) is 49.4 Å². The average Bonchev–Trinajstić information content (AvgIpc) is 3.14. The number of fused-ring (bicyclic) bond motifs is 1. The predicted molar refractivity (Wildman–Crippen MR) is 127 cm³/mol. The molecule has 3 aromatic carbocycles. The Morgan fingerprint density at radius 2 is 1.68 bits per heavy atom. The van der Waals surface area contributed by atoms with E-state index in [1.165, 1.54) is 11.1 Å². The molecule has 1 aliphatic heterocycles. The summed E-state index contributed by atoms with van der Waals surface area (Å²) < 4.78 is 0. The van der Waals surface area contributed by atoms with Crippen molar-refractivity contribution in [3.63, 3.8) is 0 Å². The molecule has 1 unspecified atom stereocenters. The molecule has 0 spiro atoms. The Morgan fingerprint density at radius 3 is 2.39 bits per heavy atom. The molecule has 158 valence electrons. The number of aryl methyl sites for hydroxylation is 1. The molecule has 0 radical (unpaired) electrons. The highest BCUT2D eigenvalue weighted by Crippen LogP contribution is 2.27. The van der Waals surface area contributed by atoms with E-state index in [4.69, 9.17) is 0 Å². The molecule has 1 heterocycles. The SMILES string of the molecule is CCc1ccc(NC(=O)C(CSCc2ccccc2)N2Cc3ccccc3C2=O)cc1. The van der Waals surface area contributed by atoms with E-state index in [-0.39, 0.29) is 11.8 Å². The van der Waals surface area contributed by atoms with Gasteiger partial charge in [0.2, 0.25) is 5.91 Å². The Hall–Kier alpha value is -3.05. The number of benzene rings is 3. The van der Waals surface area contributed by atoms with Gasteiger partial charge in [-0.25, -0.2) is 0 Å². The van der Waals surface area contributed by atoms with Gasteiger partial charge in [-0.2, -0.15) is 11.8 Å². The Labute approximate surface area is 187 Å². The van der Waals surface area contributed by atoms with Crippen LogP contribution in [0, 0.1) is 0 Å². The second-order valence-corrected chi connectivity index (χ2v) is 8.68. The molecule has 4 rings (SSSR count). The van der Waals surface area contributed by atoms with Gasteiger partial charge in [0, 0.05) is 29.3 Å². The number of hydrogen-bond acceptors (Lipinski definition) is 3. The van der Waals surface area contributed by atoms with Crippen molar-refractivity contribution in [1.29, 1.82) is 0 Å². The molecule has 2 amide bonds. The summed E-state index contributed by atoms with van der Waals surface area (Å²) in [6.45, 7) is 2.57. The number of carbonyl (C=O) groups excluding carboxylic acids is 2. The van der Waals surface area contributed by atoms with E-state index in [9.17, 15) is 9.59 Å². The number of amides is 2. The van der Waals surface area contributed by atoms with Crippen LogP contribution in [0.15, 0.2) is 78.9 Å². The number of rotatable bonds is 8. The van der Waals surface area contributed by atoms with E-state index in [0.717, 1.165) is 23.4 Å². The van der Waals surface area contributed by atoms with Crippen LogP contribution < -0.4 is 5.32 Å². The van der Waals surface area contributed by atoms with Crippen molar-refractivity contribution < 1.29 is 9.59 Å². The van der Waals surface area contributed by atoms with Gasteiger partial charge in [0.05, 0.1) is 0 Å². The minimum absolute atomic E-state index is 0.0719. The third-order valence-electron chi connectivity index (χ3n) is 5.55. The van der Waals surface area contributed by atoms with E-state index in [1.54, 1.807) is 16.7 Å². The smallest absolute Gasteiger partial charge is 0.255 e. The van der Waals surface area contributed by atoms with Crippen molar-refractivity contribution in [2.45, 2.75) is 31.7 Å². The Bertz CT molecular complexity index is 1050. The molecule has 0 bridgehead atoms. The molecular weight excluding hydrogens is 404 g/mol. The maximum absolute atomic E-state index is 13.3. The lowest BCUT2D eigenvalue weighted by molar-refractivity contribution is -0.119. The monoisotopic (exact) mass is 430 g/mol. The van der Waals surface area contributed by atoms with Crippen LogP contribution in [0.2, 0.25) is 0 Å². The summed E-state index contributed by atoms with van der Waals surface area (Å²) in [5.74, 6) is 1.11. The molecular formula is C26H26N2O2S. The van der Waals surface area contributed by atoms with E-state index < -0.39 is 6.04 Å². The molecule has 5 heteroatoms. The van der Waals surface area contributed by atoms with Crippen molar-refractivity contribution >= 4 is 29.3 Å². The highest BCUT2D eigenvalue weighted by Gasteiger charge is 2.36. The van der Waals surface area contributed by atoms with Crippen LogP contribution >= 0.6 is 11.8 Å². The molecule has 31 heavy (non-hydrogen) atoms. The zero-order chi connectivity index (χ0) is 21.6. The van der Waals surface area contributed by atoms with Crippen molar-refractivity contribution in [2.24, 2.45) is 0 Å². The van der Waals surface area contributed by atoms with E-state index in [1.807, 2.05) is 66.7 Å². The van der Waals surface area contributed by atoms with Crippen LogP contribution in [0.4, 0.5) is 5.69 Å². The maximum atomic E-state index is 13.3. The van der Waals surface area contributed by atoms with Crippen LogP contribution in [0.25, 0.3) is 0 Å². The lowest BCUT2D eigenvalue weighted by Crippen LogP contribution is -2.46. The summed E-state index contributed by atoms with van der Waals surface area (Å²) in [6, 6.07) is 25.1. The number of hydrogen-bond donors (Lipinski definition) is 1. The van der Waals surface area contributed by atoms with Crippen LogP contribution in [0.1, 0.15) is 34.0 Å². The average molecular weight is 431 g/mol. The van der Waals surface area contributed by atoms with Crippen LogP contribution in [0.5, 0.6) is 0 Å². The van der Waals surface area contributed by atoms with E-state index >= 15 is 0 Å². The zero-order valence-electron chi connectivity index (χ0n) is 17.6. The summed E-state index contributed by atoms with van der Waals surface area (Å²) in [5, 5.41) is 3.02. The minimum atomic E-state index is -0.542. The summed E-state index contributed by atoms with van der Waals surface area (Å²) in [6.07, 6.45) is 0.952. The Balaban J connectivity index is 1.50. The highest BCUT2D eigenvalue weighted by atomic mass is 32.2. The molecule has 4 nitrogen and oxygen atoms in total. The zero-order valence-corrected chi connectivity index (χ0v) is 18.4. The molecule has 0 saturated heterocycles. The van der Waals surface area contributed by atoms with Gasteiger partial charge < -0.3 is 10.2 Å². The van der Waals surface area contributed by atoms with Gasteiger partial charge in [-0.3, -0.25) is 9.59 Å². The van der Waals surface area contributed by atoms with Gasteiger partial charge in [0.15, 0.2) is 0 Å². The largest absolute Gasteiger partial charge is 0.324 e. The van der Waals surface area contributed by atoms with Gasteiger partial charge in [-0.05, 0) is 41.3 Å². The lowest BCUT2D eigenvalue weighted by Gasteiger charge is -2.27. The van der Waals surface area contributed by atoms with Crippen molar-refractivity contribution in [1.82, 2.24) is 4.90 Å². The molecule has 0 saturated carbocycles. The van der Waals surface area contributed by atoms with Crippen molar-refractivity contribution in [3.8, 4) is 0 Å². The van der Waals surface area contributed by atoms with Gasteiger partial charge in [-0.1, -0.05) is 67.6 Å². The molecule has 1 atom stereocenters. The predicted octanol–water partition coefficient (Wildman–Crippen LogP) is 5.15. The lowest BCUT2D eigenvalue weighted by atomic mass is 10.1. The first-order valence-corrected chi connectivity index (χ1v) is 11.7. The molecule has 1 N–H and O–H groups in total. The number of thioether (sulfide) groups is 1. The van der Waals surface area contributed by atoms with Crippen molar-refractivity contribution in [3.05, 3.63) is 101 Å². The minimum Gasteiger partial charge on any atom is -0.324 e. The second-order valence-electron chi connectivity index (χ2n) is 7.65. The Kier molecular flexibility index (Phi) is 6.73. The first-order chi connectivity index (χ1) is 15.2. The normalized spacial score (nSPS) is 13.7. The fraction of sp³-hybridized carbons (Fsp3) is 0.231. The number of nitrogens with zero attached hydrogens (tertiary/aromatic N) is 1. The fourth-order valence-electron chi connectivity index (χ4n) is 3.75. The fourth-order valence-corrected chi connectivity index (χ4v) is 4.85. The number of anilines is 1. The summed E-state index contributed by atoms with van der Waals surface area (Å²) >= 11 is 1.67. The van der Waals surface area contributed by atoms with Gasteiger partial charge in [0.25, 0.3) is 5.91 Å². The molecule has 0 fully saturated rings. The third kappa shape index (κ3) is 5.00. The number of carbonyl (C=O) groups is 2. The van der Waals surface area contributed by atoms with Crippen LogP contribution in [0.3, 0.4) is 0 Å². The van der Waals surface area contributed by atoms with E-state index in [2.05, 4.69) is 24.4 Å². The van der Waals surface area contributed by atoms with E-state index in [0.29, 0.717) is 17.9 Å². The van der Waals surface area contributed by atoms with Crippen LogP contribution in [-0.4, -0.2) is 28.5 Å². The van der Waals surface area contributed by atoms with Gasteiger partial charge >= 0.3 is 0 Å². The van der Waals surface area contributed by atoms with Gasteiger partial charge in [0.1, 0.15) is 6.04 Å². The van der Waals surface area contributed by atoms with Crippen molar-refractivity contribution in [2.75, 3.05) is 11.1 Å². The molecule has 0 aliphatic carbocycles. The number of nitrogens with one attached hydrogen (secondary N) is 1. The standard InChI is InChI=1S/C26H26N2O2S/c1-2-19-12-14-22(15-13-19)27-25(29)24(18-31-17-20-8-4-3-5-9-20)28-16-21-10-6-7-11-23(21)26(28)30/h3-15,24H,2,16-18H2,1H3,(H,27,29). The summed E-state index contributed by atoms with van der Waals surface area (Å²) in [5.41, 5.74) is 4.85.